The Bertz CT molecular complexity index is 457. The molecular formula is C12H20N4. The molecular weight excluding hydrogens is 200 g/mol. The SMILES string of the molecule is CC(C)c1nc2n(c(=N)c1C(C)C)CCN2. The summed E-state index contributed by atoms with van der Waals surface area (Å²) >= 11 is 0. The second-order valence-corrected chi connectivity index (χ2v) is 4.97. The van der Waals surface area contributed by atoms with Gasteiger partial charge < -0.3 is 5.32 Å². The molecule has 1 aromatic heterocycles. The average Bonchev–Trinajstić information content (AvgIpc) is 2.64. The van der Waals surface area contributed by atoms with Crippen LogP contribution in [0.5, 0.6) is 0 Å². The summed E-state index contributed by atoms with van der Waals surface area (Å²) in [7, 11) is 0. The third kappa shape index (κ3) is 1.62. The standard InChI is InChI=1S/C12H20N4/c1-7(2)9-10(8(3)4)15-12-14-5-6-16(12)11(9)13/h7-8,13H,5-6H2,1-4H3,(H,14,15). The molecule has 0 aromatic carbocycles. The molecule has 0 atom stereocenters. The van der Waals surface area contributed by atoms with Crippen molar-refractivity contribution in [3.8, 4) is 0 Å². The first-order valence-corrected chi connectivity index (χ1v) is 5.95. The molecule has 88 valence electrons. The van der Waals surface area contributed by atoms with Gasteiger partial charge in [-0.25, -0.2) is 4.98 Å². The molecule has 0 fully saturated rings. The molecule has 0 saturated heterocycles. The molecule has 0 unspecified atom stereocenters. The topological polar surface area (TPSA) is 53.7 Å². The van der Waals surface area contributed by atoms with E-state index in [1.165, 1.54) is 0 Å². The number of nitrogens with zero attached hydrogens (tertiary/aromatic N) is 2. The summed E-state index contributed by atoms with van der Waals surface area (Å²) in [5, 5.41) is 11.5. The predicted molar refractivity (Wildman–Crippen MR) is 64.7 cm³/mol. The van der Waals surface area contributed by atoms with Gasteiger partial charge in [0.1, 0.15) is 5.49 Å². The van der Waals surface area contributed by atoms with E-state index in [0.29, 0.717) is 17.3 Å². The summed E-state index contributed by atoms with van der Waals surface area (Å²) < 4.78 is 1.97. The van der Waals surface area contributed by atoms with Crippen LogP contribution < -0.4 is 10.8 Å². The molecule has 0 saturated carbocycles. The number of anilines is 1. The lowest BCUT2D eigenvalue weighted by atomic mass is 9.96. The van der Waals surface area contributed by atoms with Gasteiger partial charge in [-0.05, 0) is 11.8 Å². The Balaban J connectivity index is 2.70. The van der Waals surface area contributed by atoms with E-state index in [9.17, 15) is 0 Å². The molecule has 1 aliphatic heterocycles. The van der Waals surface area contributed by atoms with Gasteiger partial charge in [-0.2, -0.15) is 0 Å². The van der Waals surface area contributed by atoms with Crippen molar-refractivity contribution < 1.29 is 0 Å². The minimum Gasteiger partial charge on any atom is -0.354 e. The van der Waals surface area contributed by atoms with Crippen molar-refractivity contribution in [1.29, 1.82) is 5.41 Å². The van der Waals surface area contributed by atoms with Crippen LogP contribution in [0.15, 0.2) is 0 Å². The summed E-state index contributed by atoms with van der Waals surface area (Å²) in [5.74, 6) is 1.59. The van der Waals surface area contributed by atoms with E-state index in [4.69, 9.17) is 5.41 Å². The number of fused-ring (bicyclic) bond motifs is 1. The molecule has 4 nitrogen and oxygen atoms in total. The van der Waals surface area contributed by atoms with Crippen molar-refractivity contribution in [2.24, 2.45) is 0 Å². The van der Waals surface area contributed by atoms with Gasteiger partial charge in [0.05, 0.1) is 5.69 Å². The Hall–Kier alpha value is -1.32. The fraction of sp³-hybridized carbons (Fsp3) is 0.667. The van der Waals surface area contributed by atoms with Crippen molar-refractivity contribution in [3.63, 3.8) is 0 Å². The van der Waals surface area contributed by atoms with Crippen LogP contribution in [0, 0.1) is 5.41 Å². The summed E-state index contributed by atoms with van der Waals surface area (Å²) in [6.07, 6.45) is 0. The second-order valence-electron chi connectivity index (χ2n) is 4.97. The number of nitrogens with one attached hydrogen (secondary N) is 2. The van der Waals surface area contributed by atoms with Crippen molar-refractivity contribution >= 4 is 5.95 Å². The highest BCUT2D eigenvalue weighted by molar-refractivity contribution is 5.36. The smallest absolute Gasteiger partial charge is 0.204 e. The van der Waals surface area contributed by atoms with Gasteiger partial charge in [0.25, 0.3) is 0 Å². The fourth-order valence-corrected chi connectivity index (χ4v) is 2.25. The Kier molecular flexibility index (Phi) is 2.74. The van der Waals surface area contributed by atoms with E-state index in [-0.39, 0.29) is 0 Å². The lowest BCUT2D eigenvalue weighted by Gasteiger charge is -2.17. The van der Waals surface area contributed by atoms with Gasteiger partial charge in [-0.15, -0.1) is 0 Å². The summed E-state index contributed by atoms with van der Waals surface area (Å²) in [5.41, 5.74) is 2.80. The van der Waals surface area contributed by atoms with Crippen molar-refractivity contribution in [3.05, 3.63) is 16.7 Å². The van der Waals surface area contributed by atoms with E-state index < -0.39 is 0 Å². The zero-order valence-electron chi connectivity index (χ0n) is 10.5. The Morgan fingerprint density at radius 1 is 1.25 bits per heavy atom. The van der Waals surface area contributed by atoms with Gasteiger partial charge in [0.15, 0.2) is 0 Å². The van der Waals surface area contributed by atoms with Gasteiger partial charge in [0.2, 0.25) is 5.95 Å². The van der Waals surface area contributed by atoms with Crippen LogP contribution >= 0.6 is 0 Å². The molecule has 2 heterocycles. The van der Waals surface area contributed by atoms with Crippen LogP contribution in [0.2, 0.25) is 0 Å². The lowest BCUT2D eigenvalue weighted by molar-refractivity contribution is 0.663. The van der Waals surface area contributed by atoms with Gasteiger partial charge in [0, 0.05) is 18.7 Å². The van der Waals surface area contributed by atoms with Crippen molar-refractivity contribution in [2.75, 3.05) is 11.9 Å². The monoisotopic (exact) mass is 220 g/mol. The third-order valence-electron chi connectivity index (χ3n) is 3.03. The van der Waals surface area contributed by atoms with E-state index in [1.807, 2.05) is 4.57 Å². The molecule has 1 aliphatic rings. The van der Waals surface area contributed by atoms with Gasteiger partial charge in [-0.3, -0.25) is 9.98 Å². The number of rotatable bonds is 2. The summed E-state index contributed by atoms with van der Waals surface area (Å²) in [4.78, 5) is 4.67. The second kappa shape index (κ2) is 3.92. The molecule has 2 N–H and O–H groups in total. The minimum absolute atomic E-state index is 0.357. The predicted octanol–water partition coefficient (Wildman–Crippen LogP) is 2.03. The van der Waals surface area contributed by atoms with Crippen LogP contribution in [0.3, 0.4) is 0 Å². The largest absolute Gasteiger partial charge is 0.354 e. The molecule has 4 heteroatoms. The number of aromatic nitrogens is 2. The highest BCUT2D eigenvalue weighted by Gasteiger charge is 2.20. The molecule has 16 heavy (non-hydrogen) atoms. The van der Waals surface area contributed by atoms with Gasteiger partial charge in [-0.1, -0.05) is 27.7 Å². The van der Waals surface area contributed by atoms with Crippen LogP contribution in [-0.4, -0.2) is 16.1 Å². The minimum atomic E-state index is 0.357. The Labute approximate surface area is 96.2 Å². The normalized spacial score (nSPS) is 14.4. The highest BCUT2D eigenvalue weighted by atomic mass is 15.3. The van der Waals surface area contributed by atoms with Crippen LogP contribution in [0.25, 0.3) is 0 Å². The highest BCUT2D eigenvalue weighted by Crippen LogP contribution is 2.23. The average molecular weight is 220 g/mol. The van der Waals surface area contributed by atoms with Crippen molar-refractivity contribution in [1.82, 2.24) is 9.55 Å². The first kappa shape index (κ1) is 11.2. The van der Waals surface area contributed by atoms with Crippen LogP contribution in [0.4, 0.5) is 5.95 Å². The first-order chi connectivity index (χ1) is 7.52. The van der Waals surface area contributed by atoms with Crippen LogP contribution in [0.1, 0.15) is 50.8 Å². The molecule has 0 amide bonds. The van der Waals surface area contributed by atoms with Gasteiger partial charge >= 0.3 is 0 Å². The third-order valence-corrected chi connectivity index (χ3v) is 3.03. The Morgan fingerprint density at radius 3 is 2.50 bits per heavy atom. The number of hydrogen-bond acceptors (Lipinski definition) is 3. The van der Waals surface area contributed by atoms with E-state index in [1.54, 1.807) is 0 Å². The molecule has 2 rings (SSSR count). The van der Waals surface area contributed by atoms with Crippen molar-refractivity contribution in [2.45, 2.75) is 46.1 Å². The fourth-order valence-electron chi connectivity index (χ4n) is 2.25. The maximum Gasteiger partial charge on any atom is 0.204 e. The van der Waals surface area contributed by atoms with E-state index >= 15 is 0 Å². The first-order valence-electron chi connectivity index (χ1n) is 5.95. The molecule has 0 bridgehead atoms. The molecule has 1 aromatic rings. The number of hydrogen-bond donors (Lipinski definition) is 2. The van der Waals surface area contributed by atoms with E-state index in [0.717, 1.165) is 30.3 Å². The zero-order chi connectivity index (χ0) is 11.9. The summed E-state index contributed by atoms with van der Waals surface area (Å²) in [6, 6.07) is 0. The van der Waals surface area contributed by atoms with E-state index in [2.05, 4.69) is 38.0 Å². The molecule has 0 aliphatic carbocycles. The zero-order valence-corrected chi connectivity index (χ0v) is 10.5. The lowest BCUT2D eigenvalue weighted by Crippen LogP contribution is -2.27. The molecule has 0 spiro atoms. The maximum absolute atomic E-state index is 8.27. The quantitative estimate of drug-likeness (QED) is 0.801. The summed E-state index contributed by atoms with van der Waals surface area (Å²) in [6.45, 7) is 10.3. The Morgan fingerprint density at radius 2 is 1.94 bits per heavy atom. The maximum atomic E-state index is 8.27. The van der Waals surface area contributed by atoms with Crippen LogP contribution in [-0.2, 0) is 6.54 Å². The molecule has 0 radical (unpaired) electrons.